The monoisotopic (exact) mass is 522 g/mol. The topological polar surface area (TPSA) is 267 Å². The van der Waals surface area contributed by atoms with E-state index in [1.807, 2.05) is 0 Å². The van der Waals surface area contributed by atoms with E-state index in [1.165, 1.54) is 0 Å². The maximum Gasteiger partial charge on any atom is 0.343 e. The van der Waals surface area contributed by atoms with E-state index < -0.39 is 83.1 Å². The summed E-state index contributed by atoms with van der Waals surface area (Å²) < 4.78 is 124. The molecular formula is C12H10O15S4. The Labute approximate surface area is 174 Å². The number of phenols is 3. The first-order chi connectivity index (χ1) is 13.7. The number of benzene rings is 2. The first kappa shape index (κ1) is 24.6. The summed E-state index contributed by atoms with van der Waals surface area (Å²) in [5.41, 5.74) is 0. The van der Waals surface area contributed by atoms with E-state index in [1.54, 1.807) is 0 Å². The molecule has 0 radical (unpaired) electrons. The molecule has 15 nitrogen and oxygen atoms in total. The first-order valence-corrected chi connectivity index (χ1v) is 12.8. The van der Waals surface area contributed by atoms with Crippen molar-refractivity contribution in [2.45, 2.75) is 19.6 Å². The van der Waals surface area contributed by atoms with E-state index in [-0.39, 0.29) is 24.3 Å². The van der Waals surface area contributed by atoms with Gasteiger partial charge in [0.25, 0.3) is 30.4 Å². The molecule has 6 N–H and O–H groups in total. The predicted octanol–water partition coefficient (Wildman–Crippen LogP) is -0.689. The Bertz CT molecular complexity index is 1500. The van der Waals surface area contributed by atoms with E-state index in [0.29, 0.717) is 0 Å². The number of rotatable bonds is 6. The van der Waals surface area contributed by atoms with E-state index in [2.05, 4.69) is 4.18 Å². The van der Waals surface area contributed by atoms with Crippen molar-refractivity contribution in [3.8, 4) is 23.0 Å². The molecule has 31 heavy (non-hydrogen) atoms. The molecule has 0 saturated heterocycles. The second-order valence-corrected chi connectivity index (χ2v) is 11.3. The van der Waals surface area contributed by atoms with Crippen molar-refractivity contribution < 1.29 is 66.8 Å². The third-order valence-electron chi connectivity index (χ3n) is 3.38. The molecule has 19 heteroatoms. The lowest BCUT2D eigenvalue weighted by Gasteiger charge is -2.13. The van der Waals surface area contributed by atoms with Crippen LogP contribution in [0.25, 0.3) is 0 Å². The fraction of sp³-hybridized carbons (Fsp3) is 0. The minimum Gasteiger partial charge on any atom is -0.504 e. The fourth-order valence-corrected chi connectivity index (χ4v) is 4.92. The molecule has 0 aliphatic carbocycles. The van der Waals surface area contributed by atoms with Crippen molar-refractivity contribution in [2.75, 3.05) is 0 Å². The summed E-state index contributed by atoms with van der Waals surface area (Å²) in [7, 11) is -21.3. The smallest absolute Gasteiger partial charge is 0.343 e. The number of hydrogen-bond acceptors (Lipinski definition) is 12. The highest BCUT2D eigenvalue weighted by atomic mass is 32.2. The number of phenolic OH excluding ortho intramolecular Hbond substituents is 3. The zero-order valence-corrected chi connectivity index (χ0v) is 17.6. The van der Waals surface area contributed by atoms with Gasteiger partial charge in [0.05, 0.1) is 9.79 Å². The van der Waals surface area contributed by atoms with E-state index in [9.17, 15) is 49.0 Å². The normalized spacial score (nSPS) is 13.1. The Morgan fingerprint density at radius 1 is 0.581 bits per heavy atom. The summed E-state index contributed by atoms with van der Waals surface area (Å²) in [5, 5.41) is 29.1. The van der Waals surface area contributed by atoms with Crippen molar-refractivity contribution in [3.63, 3.8) is 0 Å². The van der Waals surface area contributed by atoms with Gasteiger partial charge in [0, 0.05) is 12.1 Å². The van der Waals surface area contributed by atoms with Crippen molar-refractivity contribution >= 4 is 40.5 Å². The van der Waals surface area contributed by atoms with Crippen LogP contribution in [-0.2, 0) is 40.5 Å². The van der Waals surface area contributed by atoms with Gasteiger partial charge in [-0.15, -0.1) is 0 Å². The summed E-state index contributed by atoms with van der Waals surface area (Å²) in [6.45, 7) is 0. The van der Waals surface area contributed by atoms with Crippen LogP contribution < -0.4 is 4.18 Å². The van der Waals surface area contributed by atoms with Gasteiger partial charge in [-0.1, -0.05) is 0 Å². The van der Waals surface area contributed by atoms with Gasteiger partial charge in [0.1, 0.15) is 4.90 Å². The molecule has 0 amide bonds. The van der Waals surface area contributed by atoms with Crippen LogP contribution in [0.4, 0.5) is 0 Å². The molecule has 2 rings (SSSR count). The van der Waals surface area contributed by atoms with Crippen molar-refractivity contribution in [1.82, 2.24) is 0 Å². The van der Waals surface area contributed by atoms with Gasteiger partial charge in [0.15, 0.2) is 27.9 Å². The van der Waals surface area contributed by atoms with Crippen LogP contribution in [0.5, 0.6) is 23.0 Å². The summed E-state index contributed by atoms with van der Waals surface area (Å²) >= 11 is 0. The van der Waals surface area contributed by atoms with Crippen LogP contribution in [0.3, 0.4) is 0 Å². The molecule has 0 spiro atoms. The van der Waals surface area contributed by atoms with Gasteiger partial charge in [-0.25, -0.2) is 0 Å². The van der Waals surface area contributed by atoms with Crippen LogP contribution in [0.15, 0.2) is 43.8 Å². The van der Waals surface area contributed by atoms with Gasteiger partial charge in [-0.2, -0.15) is 33.7 Å². The molecule has 0 atom stereocenters. The van der Waals surface area contributed by atoms with Crippen molar-refractivity contribution in [2.24, 2.45) is 0 Å². The summed E-state index contributed by atoms with van der Waals surface area (Å²) in [4.78, 5) is -5.72. The third kappa shape index (κ3) is 5.15. The summed E-state index contributed by atoms with van der Waals surface area (Å²) in [6, 6.07) is 0.534. The van der Waals surface area contributed by atoms with Crippen LogP contribution >= 0.6 is 0 Å². The molecule has 0 heterocycles. The van der Waals surface area contributed by atoms with Crippen LogP contribution in [0.2, 0.25) is 0 Å². The Morgan fingerprint density at radius 2 is 1.03 bits per heavy atom. The van der Waals surface area contributed by atoms with Crippen LogP contribution in [0, 0.1) is 0 Å². The average Bonchev–Trinajstić information content (AvgIpc) is 2.55. The molecule has 0 aliphatic rings. The molecule has 0 fully saturated rings. The average molecular weight is 522 g/mol. The van der Waals surface area contributed by atoms with Gasteiger partial charge in [-0.3, -0.25) is 13.7 Å². The highest BCUT2D eigenvalue weighted by molar-refractivity contribution is 7.88. The SMILES string of the molecule is O=S(=O)(O)c1cc(OS(=O)(=O)c2cc(S(=O)(=O)O)cc(O)c2O)c(O)c(S(=O)(=O)O)c1. The minimum absolute atomic E-state index is 0.0573. The molecule has 172 valence electrons. The molecule has 2 aromatic carbocycles. The Balaban J connectivity index is 2.81. The lowest BCUT2D eigenvalue weighted by molar-refractivity contribution is 0.383. The van der Waals surface area contributed by atoms with E-state index >= 15 is 0 Å². The Kier molecular flexibility index (Phi) is 5.93. The fourth-order valence-electron chi connectivity index (χ4n) is 2.04. The molecule has 2 aromatic rings. The predicted molar refractivity (Wildman–Crippen MR) is 95.1 cm³/mol. The summed E-state index contributed by atoms with van der Waals surface area (Å²) in [5.74, 6) is -6.05. The maximum atomic E-state index is 12.4. The Morgan fingerprint density at radius 3 is 1.48 bits per heavy atom. The number of hydrogen-bond donors (Lipinski definition) is 6. The van der Waals surface area contributed by atoms with Crippen LogP contribution in [0.1, 0.15) is 0 Å². The first-order valence-electron chi connectivity index (χ1n) is 7.05. The Hall–Kier alpha value is -2.68. The van der Waals surface area contributed by atoms with Gasteiger partial charge < -0.3 is 19.5 Å². The second-order valence-electron chi connectivity index (χ2n) is 5.52. The molecule has 0 bridgehead atoms. The van der Waals surface area contributed by atoms with E-state index in [4.69, 9.17) is 13.7 Å². The lowest BCUT2D eigenvalue weighted by atomic mass is 10.3. The van der Waals surface area contributed by atoms with E-state index in [0.717, 1.165) is 0 Å². The molecular weight excluding hydrogens is 512 g/mol. The van der Waals surface area contributed by atoms with Crippen molar-refractivity contribution in [3.05, 3.63) is 24.3 Å². The largest absolute Gasteiger partial charge is 0.504 e. The quantitative estimate of drug-likeness (QED) is 0.156. The lowest BCUT2D eigenvalue weighted by Crippen LogP contribution is -2.13. The highest BCUT2D eigenvalue weighted by Gasteiger charge is 2.31. The van der Waals surface area contributed by atoms with Crippen LogP contribution in [-0.4, -0.2) is 62.6 Å². The standard InChI is InChI=1S/C12H10O15S4/c13-7-1-5(28(16,17)18)4-10(11(7)14)31(25,26)27-8-2-6(29(19,20)21)3-9(12(8)15)30(22,23)24/h1-4,13-15H,(H,16,17,18)(H,19,20,21)(H,22,23,24). The molecule has 0 aliphatic heterocycles. The minimum atomic E-state index is -5.49. The summed E-state index contributed by atoms with van der Waals surface area (Å²) in [6.07, 6.45) is 0. The van der Waals surface area contributed by atoms with Gasteiger partial charge in [-0.05, 0) is 12.1 Å². The third-order valence-corrected chi connectivity index (χ3v) is 7.16. The van der Waals surface area contributed by atoms with Crippen molar-refractivity contribution in [1.29, 1.82) is 0 Å². The second kappa shape index (κ2) is 7.47. The highest BCUT2D eigenvalue weighted by Crippen LogP contribution is 2.40. The zero-order valence-electron chi connectivity index (χ0n) is 14.3. The molecule has 0 unspecified atom stereocenters. The van der Waals surface area contributed by atoms with Gasteiger partial charge >= 0.3 is 10.1 Å². The maximum absolute atomic E-state index is 12.4. The molecule has 0 saturated carbocycles. The van der Waals surface area contributed by atoms with Gasteiger partial charge in [0.2, 0.25) is 0 Å². The number of aromatic hydroxyl groups is 3. The molecule has 0 aromatic heterocycles. The zero-order chi connectivity index (χ0) is 24.2.